The molecule has 2 aromatic carbocycles. The van der Waals surface area contributed by atoms with Crippen LogP contribution >= 0.6 is 0 Å². The Morgan fingerprint density at radius 3 is 2.13 bits per heavy atom. The van der Waals surface area contributed by atoms with E-state index in [2.05, 4.69) is 6.58 Å². The van der Waals surface area contributed by atoms with Crippen molar-refractivity contribution in [2.24, 2.45) is 0 Å². The fourth-order valence-electron chi connectivity index (χ4n) is 1.95. The summed E-state index contributed by atoms with van der Waals surface area (Å²) in [6.45, 7) is 6.47. The van der Waals surface area contributed by atoms with Crippen LogP contribution in [0.2, 0.25) is 0 Å². The maximum Gasteiger partial charge on any atom is 0.197 e. The summed E-state index contributed by atoms with van der Waals surface area (Å²) in [6, 6.07) is 15.1. The minimum absolute atomic E-state index is 0.343. The Morgan fingerprint density at radius 2 is 1.52 bits per heavy atom. The lowest BCUT2D eigenvalue weighted by molar-refractivity contribution is -0.0739. The predicted octanol–water partition coefficient (Wildman–Crippen LogP) is 4.16. The predicted molar refractivity (Wildman–Crippen MR) is 91.1 cm³/mol. The van der Waals surface area contributed by atoms with Crippen LogP contribution in [0.15, 0.2) is 55.1 Å². The molecule has 0 heterocycles. The smallest absolute Gasteiger partial charge is 0.197 e. The number of methoxy groups -OCH3 is 1. The summed E-state index contributed by atoms with van der Waals surface area (Å²) in [6.07, 6.45) is 1.45. The molecule has 2 aromatic rings. The largest absolute Gasteiger partial charge is 0.497 e. The van der Waals surface area contributed by atoms with Crippen molar-refractivity contribution in [3.63, 3.8) is 0 Å². The Hall–Kier alpha value is -2.46. The molecule has 0 fully saturated rings. The molecule has 4 heteroatoms. The van der Waals surface area contributed by atoms with E-state index >= 15 is 0 Å². The number of rotatable bonds is 9. The van der Waals surface area contributed by atoms with E-state index in [9.17, 15) is 0 Å². The van der Waals surface area contributed by atoms with E-state index < -0.39 is 0 Å². The normalized spacial score (nSPS) is 11.6. The molecule has 23 heavy (non-hydrogen) atoms. The van der Waals surface area contributed by atoms with Gasteiger partial charge in [0.05, 0.1) is 13.7 Å². The second-order valence-corrected chi connectivity index (χ2v) is 4.85. The van der Waals surface area contributed by atoms with Crippen molar-refractivity contribution in [3.05, 3.63) is 60.7 Å². The Morgan fingerprint density at radius 1 is 0.913 bits per heavy atom. The Labute approximate surface area is 137 Å². The molecule has 0 aliphatic carbocycles. The fraction of sp³-hybridized carbons (Fsp3) is 0.263. The van der Waals surface area contributed by atoms with Crippen LogP contribution in [0, 0.1) is 0 Å². The van der Waals surface area contributed by atoms with E-state index in [0.29, 0.717) is 13.2 Å². The summed E-state index contributed by atoms with van der Waals surface area (Å²) in [5, 5.41) is 0. The van der Waals surface area contributed by atoms with Crippen LogP contribution in [0.25, 0.3) is 6.08 Å². The van der Waals surface area contributed by atoms with Crippen LogP contribution < -0.4 is 14.2 Å². The summed E-state index contributed by atoms with van der Waals surface area (Å²) in [5.41, 5.74) is 1.05. The Balaban J connectivity index is 1.67. The second kappa shape index (κ2) is 8.86. The zero-order valence-electron chi connectivity index (χ0n) is 13.5. The van der Waals surface area contributed by atoms with Gasteiger partial charge in [-0.1, -0.05) is 24.8 Å². The molecular weight excluding hydrogens is 292 g/mol. The molecule has 0 saturated carbocycles. The maximum atomic E-state index is 5.67. The second-order valence-electron chi connectivity index (χ2n) is 4.85. The van der Waals surface area contributed by atoms with Gasteiger partial charge in [-0.05, 0) is 48.9 Å². The molecule has 0 bridgehead atoms. The quantitative estimate of drug-likeness (QED) is 0.514. The van der Waals surface area contributed by atoms with Gasteiger partial charge < -0.3 is 18.9 Å². The highest BCUT2D eigenvalue weighted by Gasteiger charge is 2.04. The first-order valence-corrected chi connectivity index (χ1v) is 7.49. The number of hydrogen-bond donors (Lipinski definition) is 0. The van der Waals surface area contributed by atoms with E-state index in [1.807, 2.05) is 55.5 Å². The summed E-state index contributed by atoms with van der Waals surface area (Å²) in [7, 11) is 1.63. The monoisotopic (exact) mass is 314 g/mol. The average molecular weight is 314 g/mol. The third kappa shape index (κ3) is 5.68. The first kappa shape index (κ1) is 16.9. The highest BCUT2D eigenvalue weighted by Crippen LogP contribution is 2.17. The first-order valence-electron chi connectivity index (χ1n) is 7.49. The summed E-state index contributed by atoms with van der Waals surface area (Å²) in [5.74, 6) is 2.35. The van der Waals surface area contributed by atoms with Crippen LogP contribution in [-0.2, 0) is 4.74 Å². The van der Waals surface area contributed by atoms with E-state index in [0.717, 1.165) is 22.8 Å². The van der Waals surface area contributed by atoms with Crippen molar-refractivity contribution in [1.82, 2.24) is 0 Å². The molecule has 0 N–H and O–H groups in total. The molecule has 4 nitrogen and oxygen atoms in total. The zero-order valence-corrected chi connectivity index (χ0v) is 13.5. The molecule has 0 aromatic heterocycles. The van der Waals surface area contributed by atoms with Gasteiger partial charge in [0.15, 0.2) is 6.29 Å². The van der Waals surface area contributed by atoms with Crippen molar-refractivity contribution in [3.8, 4) is 17.2 Å². The highest BCUT2D eigenvalue weighted by atomic mass is 16.7. The minimum atomic E-state index is -0.343. The van der Waals surface area contributed by atoms with Crippen molar-refractivity contribution in [1.29, 1.82) is 0 Å². The fourth-order valence-corrected chi connectivity index (χ4v) is 1.95. The Bertz CT molecular complexity index is 590. The van der Waals surface area contributed by atoms with Crippen LogP contribution in [0.1, 0.15) is 12.5 Å². The van der Waals surface area contributed by atoms with Gasteiger partial charge in [0.1, 0.15) is 23.9 Å². The van der Waals surface area contributed by atoms with Gasteiger partial charge in [-0.3, -0.25) is 0 Å². The van der Waals surface area contributed by atoms with Crippen molar-refractivity contribution in [2.45, 2.75) is 13.2 Å². The maximum absolute atomic E-state index is 5.67. The van der Waals surface area contributed by atoms with Gasteiger partial charge in [0.25, 0.3) is 0 Å². The van der Waals surface area contributed by atoms with Gasteiger partial charge in [-0.15, -0.1) is 0 Å². The zero-order chi connectivity index (χ0) is 16.5. The van der Waals surface area contributed by atoms with Gasteiger partial charge in [0, 0.05) is 0 Å². The van der Waals surface area contributed by atoms with E-state index in [1.165, 1.54) is 0 Å². The van der Waals surface area contributed by atoms with Gasteiger partial charge in [-0.2, -0.15) is 0 Å². The molecule has 0 saturated heterocycles. The molecule has 2 rings (SSSR count). The lowest BCUT2D eigenvalue weighted by Crippen LogP contribution is -2.19. The molecule has 0 radical (unpaired) electrons. The van der Waals surface area contributed by atoms with E-state index in [4.69, 9.17) is 18.9 Å². The summed E-state index contributed by atoms with van der Waals surface area (Å²) >= 11 is 0. The molecule has 122 valence electrons. The van der Waals surface area contributed by atoms with Crippen LogP contribution in [0.4, 0.5) is 0 Å². The first-order chi connectivity index (χ1) is 11.2. The summed E-state index contributed by atoms with van der Waals surface area (Å²) < 4.78 is 21.9. The number of ether oxygens (including phenoxy) is 4. The Kier molecular flexibility index (Phi) is 6.51. The molecule has 0 aliphatic rings. The molecule has 0 spiro atoms. The van der Waals surface area contributed by atoms with Gasteiger partial charge >= 0.3 is 0 Å². The standard InChI is InChI=1S/C19H22O4/c1-4-16-5-7-19(8-6-16)23-15(2)21-13-14-22-18-11-9-17(20-3)10-12-18/h4-12,15H,1,13-14H2,2-3H3. The van der Waals surface area contributed by atoms with E-state index in [1.54, 1.807) is 13.2 Å². The van der Waals surface area contributed by atoms with Crippen LogP contribution in [-0.4, -0.2) is 26.6 Å². The molecular formula is C19H22O4. The summed E-state index contributed by atoms with van der Waals surface area (Å²) in [4.78, 5) is 0. The van der Waals surface area contributed by atoms with Gasteiger partial charge in [-0.25, -0.2) is 0 Å². The van der Waals surface area contributed by atoms with Gasteiger partial charge in [0.2, 0.25) is 0 Å². The topological polar surface area (TPSA) is 36.9 Å². The van der Waals surface area contributed by atoms with Crippen LogP contribution in [0.5, 0.6) is 17.2 Å². The third-order valence-corrected chi connectivity index (χ3v) is 3.18. The molecule has 1 atom stereocenters. The lowest BCUT2D eigenvalue weighted by atomic mass is 10.2. The highest BCUT2D eigenvalue weighted by molar-refractivity contribution is 5.48. The van der Waals surface area contributed by atoms with Crippen LogP contribution in [0.3, 0.4) is 0 Å². The average Bonchev–Trinajstić information content (AvgIpc) is 2.60. The number of hydrogen-bond acceptors (Lipinski definition) is 4. The number of benzene rings is 2. The third-order valence-electron chi connectivity index (χ3n) is 3.18. The molecule has 1 unspecified atom stereocenters. The lowest BCUT2D eigenvalue weighted by Gasteiger charge is -2.16. The molecule has 0 amide bonds. The van der Waals surface area contributed by atoms with Crippen molar-refractivity contribution < 1.29 is 18.9 Å². The van der Waals surface area contributed by atoms with Crippen molar-refractivity contribution >= 4 is 6.08 Å². The molecule has 0 aliphatic heterocycles. The minimum Gasteiger partial charge on any atom is -0.497 e. The van der Waals surface area contributed by atoms with E-state index in [-0.39, 0.29) is 6.29 Å². The SMILES string of the molecule is C=Cc1ccc(OC(C)OCCOc2ccc(OC)cc2)cc1. The van der Waals surface area contributed by atoms with Crippen molar-refractivity contribution in [2.75, 3.05) is 20.3 Å².